The number of amides is 1. The molecule has 0 heterocycles. The van der Waals surface area contributed by atoms with Crippen LogP contribution in [0, 0.1) is 0 Å². The van der Waals surface area contributed by atoms with E-state index in [9.17, 15) is 9.90 Å². The van der Waals surface area contributed by atoms with Crippen LogP contribution in [0.15, 0.2) is 24.3 Å². The topological polar surface area (TPSA) is 61.8 Å². The van der Waals surface area contributed by atoms with E-state index < -0.39 is 0 Å². The average Bonchev–Trinajstić information content (AvgIpc) is 2.33. The van der Waals surface area contributed by atoms with Gasteiger partial charge in [-0.05, 0) is 39.2 Å². The van der Waals surface area contributed by atoms with Crippen LogP contribution in [0.3, 0.4) is 0 Å². The van der Waals surface area contributed by atoms with Crippen molar-refractivity contribution in [3.63, 3.8) is 0 Å². The molecule has 2 N–H and O–H groups in total. The molecule has 100 valence electrons. The van der Waals surface area contributed by atoms with Gasteiger partial charge < -0.3 is 20.1 Å². The molecule has 1 aromatic carbocycles. The molecular formula is C13H20N2O3. The van der Waals surface area contributed by atoms with Gasteiger partial charge in [-0.3, -0.25) is 4.79 Å². The molecule has 5 nitrogen and oxygen atoms in total. The van der Waals surface area contributed by atoms with Crippen molar-refractivity contribution in [1.82, 2.24) is 10.2 Å². The maximum atomic E-state index is 11.4. The minimum atomic E-state index is -0.183. The number of hydrogen-bond acceptors (Lipinski definition) is 4. The normalized spacial score (nSPS) is 10.4. The lowest BCUT2D eigenvalue weighted by Crippen LogP contribution is -2.31. The number of nitrogens with one attached hydrogen (secondary N) is 1. The molecule has 0 unspecified atom stereocenters. The van der Waals surface area contributed by atoms with E-state index in [0.29, 0.717) is 12.3 Å². The molecule has 18 heavy (non-hydrogen) atoms. The average molecular weight is 252 g/mol. The Labute approximate surface area is 107 Å². The Hall–Kier alpha value is -1.75. The zero-order valence-corrected chi connectivity index (χ0v) is 10.8. The Kier molecular flexibility index (Phi) is 6.00. The van der Waals surface area contributed by atoms with E-state index in [1.165, 1.54) is 6.07 Å². The molecule has 0 saturated carbocycles. The van der Waals surface area contributed by atoms with Gasteiger partial charge in [0.15, 0.2) is 18.1 Å². The summed E-state index contributed by atoms with van der Waals surface area (Å²) in [4.78, 5) is 13.5. The summed E-state index contributed by atoms with van der Waals surface area (Å²) in [7, 11) is 3.98. The van der Waals surface area contributed by atoms with Crippen molar-refractivity contribution in [3.8, 4) is 11.5 Å². The number of benzene rings is 1. The highest BCUT2D eigenvalue weighted by Crippen LogP contribution is 2.23. The Morgan fingerprint density at radius 3 is 2.78 bits per heavy atom. The van der Waals surface area contributed by atoms with Crippen LogP contribution < -0.4 is 10.1 Å². The lowest BCUT2D eigenvalue weighted by molar-refractivity contribution is -0.123. The van der Waals surface area contributed by atoms with E-state index in [1.54, 1.807) is 18.2 Å². The second kappa shape index (κ2) is 7.55. The molecule has 0 radical (unpaired) electrons. The second-order valence-electron chi connectivity index (χ2n) is 4.26. The first-order valence-corrected chi connectivity index (χ1v) is 5.92. The van der Waals surface area contributed by atoms with Crippen LogP contribution in [0.5, 0.6) is 11.5 Å². The summed E-state index contributed by atoms with van der Waals surface area (Å²) in [5.41, 5.74) is 0. The molecule has 0 fully saturated rings. The standard InChI is InChI=1S/C13H20N2O3/c1-15(2)9-5-8-14-13(17)10-18-12-7-4-3-6-11(12)16/h3-4,6-7,16H,5,8-10H2,1-2H3,(H,14,17). The van der Waals surface area contributed by atoms with Gasteiger partial charge in [0, 0.05) is 6.54 Å². The van der Waals surface area contributed by atoms with Gasteiger partial charge in [-0.2, -0.15) is 0 Å². The Morgan fingerprint density at radius 2 is 2.11 bits per heavy atom. The first kappa shape index (κ1) is 14.3. The van der Waals surface area contributed by atoms with Crippen LogP contribution in [0.1, 0.15) is 6.42 Å². The number of ether oxygens (including phenoxy) is 1. The lowest BCUT2D eigenvalue weighted by atomic mass is 10.3. The highest BCUT2D eigenvalue weighted by molar-refractivity contribution is 5.77. The first-order chi connectivity index (χ1) is 8.59. The van der Waals surface area contributed by atoms with Gasteiger partial charge >= 0.3 is 0 Å². The summed E-state index contributed by atoms with van der Waals surface area (Å²) in [6, 6.07) is 6.58. The van der Waals surface area contributed by atoms with Gasteiger partial charge in [-0.15, -0.1) is 0 Å². The Morgan fingerprint density at radius 1 is 1.39 bits per heavy atom. The highest BCUT2D eigenvalue weighted by Gasteiger charge is 2.04. The number of carbonyl (C=O) groups is 1. The third-order valence-electron chi connectivity index (χ3n) is 2.33. The lowest BCUT2D eigenvalue weighted by Gasteiger charge is -2.10. The van der Waals surface area contributed by atoms with Crippen LogP contribution in [0.25, 0.3) is 0 Å². The largest absolute Gasteiger partial charge is 0.504 e. The molecular weight excluding hydrogens is 232 g/mol. The van der Waals surface area contributed by atoms with Gasteiger partial charge in [0.25, 0.3) is 5.91 Å². The Bertz CT molecular complexity index is 380. The van der Waals surface area contributed by atoms with Crippen molar-refractivity contribution >= 4 is 5.91 Å². The van der Waals surface area contributed by atoms with Crippen molar-refractivity contribution in [3.05, 3.63) is 24.3 Å². The summed E-state index contributed by atoms with van der Waals surface area (Å²) in [6.07, 6.45) is 0.898. The minimum Gasteiger partial charge on any atom is -0.504 e. The van der Waals surface area contributed by atoms with E-state index in [0.717, 1.165) is 13.0 Å². The molecule has 0 spiro atoms. The smallest absolute Gasteiger partial charge is 0.257 e. The number of rotatable bonds is 7. The fourth-order valence-electron chi connectivity index (χ4n) is 1.40. The number of para-hydroxylation sites is 2. The van der Waals surface area contributed by atoms with Gasteiger partial charge in [0.05, 0.1) is 0 Å². The molecule has 0 aliphatic rings. The second-order valence-corrected chi connectivity index (χ2v) is 4.26. The maximum Gasteiger partial charge on any atom is 0.257 e. The number of aromatic hydroxyl groups is 1. The predicted octanol–water partition coefficient (Wildman–Crippen LogP) is 0.839. The van der Waals surface area contributed by atoms with Crippen molar-refractivity contribution < 1.29 is 14.6 Å². The summed E-state index contributed by atoms with van der Waals surface area (Å²) < 4.78 is 5.20. The summed E-state index contributed by atoms with van der Waals surface area (Å²) in [5.74, 6) is 0.177. The molecule has 1 aromatic rings. The van der Waals surface area contributed by atoms with Crippen molar-refractivity contribution in [1.29, 1.82) is 0 Å². The number of nitrogens with zero attached hydrogens (tertiary/aromatic N) is 1. The first-order valence-electron chi connectivity index (χ1n) is 5.92. The molecule has 0 aliphatic carbocycles. The van der Waals surface area contributed by atoms with Crippen LogP contribution >= 0.6 is 0 Å². The molecule has 5 heteroatoms. The zero-order chi connectivity index (χ0) is 13.4. The SMILES string of the molecule is CN(C)CCCNC(=O)COc1ccccc1O. The molecule has 0 atom stereocenters. The van der Waals surface area contributed by atoms with Crippen LogP contribution in [0.2, 0.25) is 0 Å². The number of phenols is 1. The zero-order valence-electron chi connectivity index (χ0n) is 10.8. The fraction of sp³-hybridized carbons (Fsp3) is 0.462. The van der Waals surface area contributed by atoms with E-state index >= 15 is 0 Å². The third kappa shape index (κ3) is 5.54. The quantitative estimate of drug-likeness (QED) is 0.706. The summed E-state index contributed by atoms with van der Waals surface area (Å²) in [6.45, 7) is 1.47. The van der Waals surface area contributed by atoms with E-state index in [1.807, 2.05) is 14.1 Å². The number of carbonyl (C=O) groups excluding carboxylic acids is 1. The molecule has 0 saturated heterocycles. The maximum absolute atomic E-state index is 11.4. The molecule has 1 rings (SSSR count). The Balaban J connectivity index is 2.19. The van der Waals surface area contributed by atoms with Crippen molar-refractivity contribution in [2.24, 2.45) is 0 Å². The van der Waals surface area contributed by atoms with E-state index in [4.69, 9.17) is 4.74 Å². The molecule has 0 aliphatic heterocycles. The van der Waals surface area contributed by atoms with Gasteiger partial charge in [-0.25, -0.2) is 0 Å². The summed E-state index contributed by atoms with van der Waals surface area (Å²) >= 11 is 0. The molecule has 1 amide bonds. The van der Waals surface area contributed by atoms with Gasteiger partial charge in [-0.1, -0.05) is 12.1 Å². The molecule has 0 aromatic heterocycles. The third-order valence-corrected chi connectivity index (χ3v) is 2.33. The van der Waals surface area contributed by atoms with Crippen LogP contribution in [0.4, 0.5) is 0 Å². The monoisotopic (exact) mass is 252 g/mol. The van der Waals surface area contributed by atoms with Crippen LogP contribution in [-0.2, 0) is 4.79 Å². The highest BCUT2D eigenvalue weighted by atomic mass is 16.5. The molecule has 0 bridgehead atoms. The predicted molar refractivity (Wildman–Crippen MR) is 69.8 cm³/mol. The number of phenolic OH excluding ortho intramolecular Hbond substituents is 1. The van der Waals surface area contributed by atoms with E-state index in [2.05, 4.69) is 10.2 Å². The van der Waals surface area contributed by atoms with Crippen molar-refractivity contribution in [2.45, 2.75) is 6.42 Å². The van der Waals surface area contributed by atoms with E-state index in [-0.39, 0.29) is 18.3 Å². The summed E-state index contributed by atoms with van der Waals surface area (Å²) in [5, 5.41) is 12.2. The van der Waals surface area contributed by atoms with Crippen LogP contribution in [-0.4, -0.2) is 49.7 Å². The fourth-order valence-corrected chi connectivity index (χ4v) is 1.40. The van der Waals surface area contributed by atoms with Crippen molar-refractivity contribution in [2.75, 3.05) is 33.8 Å². The number of hydrogen-bond donors (Lipinski definition) is 2. The van der Waals surface area contributed by atoms with Gasteiger partial charge in [0.2, 0.25) is 0 Å². The minimum absolute atomic E-state index is 0.0397. The van der Waals surface area contributed by atoms with Gasteiger partial charge in [0.1, 0.15) is 0 Å².